The van der Waals surface area contributed by atoms with Gasteiger partial charge in [-0.1, -0.05) is 29.8 Å². The Labute approximate surface area is 191 Å². The van der Waals surface area contributed by atoms with Crippen molar-refractivity contribution >= 4 is 34.8 Å². The third kappa shape index (κ3) is 3.86. The van der Waals surface area contributed by atoms with Gasteiger partial charge in [0.1, 0.15) is 11.8 Å². The van der Waals surface area contributed by atoms with Crippen molar-refractivity contribution < 1.29 is 14.0 Å². The molecule has 3 aromatic rings. The smallest absolute Gasteiger partial charge is 0.238 e. The molecule has 1 atom stereocenters. The van der Waals surface area contributed by atoms with Crippen LogP contribution in [-0.2, 0) is 9.59 Å². The Hall–Kier alpha value is -3.25. The number of nitrogens with one attached hydrogen (secondary N) is 1. The molecular formula is C26H24N2O3S. The van der Waals surface area contributed by atoms with Gasteiger partial charge in [0, 0.05) is 22.6 Å². The van der Waals surface area contributed by atoms with Crippen LogP contribution in [0.3, 0.4) is 0 Å². The molecule has 1 aromatic heterocycles. The van der Waals surface area contributed by atoms with Crippen LogP contribution in [0.1, 0.15) is 36.6 Å². The Balaban J connectivity index is 1.58. The van der Waals surface area contributed by atoms with Gasteiger partial charge in [0.15, 0.2) is 5.78 Å². The predicted octanol–water partition coefficient (Wildman–Crippen LogP) is 5.89. The van der Waals surface area contributed by atoms with Crippen LogP contribution in [0.25, 0.3) is 0 Å². The molecule has 1 N–H and O–H groups in total. The van der Waals surface area contributed by atoms with Gasteiger partial charge < -0.3 is 9.73 Å². The number of anilines is 2. The number of ketones is 1. The molecule has 0 radical (unpaired) electrons. The van der Waals surface area contributed by atoms with E-state index >= 15 is 0 Å². The fourth-order valence-corrected chi connectivity index (χ4v) is 5.13. The summed E-state index contributed by atoms with van der Waals surface area (Å²) in [6, 6.07) is 18.9. The fourth-order valence-electron chi connectivity index (χ4n) is 4.37. The van der Waals surface area contributed by atoms with Crippen LogP contribution >= 0.6 is 11.8 Å². The van der Waals surface area contributed by atoms with Gasteiger partial charge in [0.05, 0.1) is 23.4 Å². The molecule has 32 heavy (non-hydrogen) atoms. The van der Waals surface area contributed by atoms with E-state index in [0.717, 1.165) is 34.8 Å². The number of Topliss-reactive ketones (excluding diaryl/α,β-unsaturated/α-hetero) is 1. The van der Waals surface area contributed by atoms with E-state index in [9.17, 15) is 9.59 Å². The lowest BCUT2D eigenvalue weighted by Crippen LogP contribution is -2.38. The van der Waals surface area contributed by atoms with Gasteiger partial charge in [0.25, 0.3) is 0 Å². The minimum Gasteiger partial charge on any atom is -0.467 e. The van der Waals surface area contributed by atoms with Gasteiger partial charge in [0.2, 0.25) is 5.91 Å². The van der Waals surface area contributed by atoms with Crippen LogP contribution < -0.4 is 10.2 Å². The maximum Gasteiger partial charge on any atom is 0.238 e. The number of carbonyl (C=O) groups is 2. The van der Waals surface area contributed by atoms with Crippen molar-refractivity contribution in [2.24, 2.45) is 0 Å². The van der Waals surface area contributed by atoms with E-state index in [4.69, 9.17) is 4.42 Å². The second-order valence-electron chi connectivity index (χ2n) is 8.09. The zero-order valence-electron chi connectivity index (χ0n) is 17.8. The molecule has 0 saturated carbocycles. The zero-order valence-corrected chi connectivity index (χ0v) is 18.7. The molecule has 0 spiro atoms. The van der Waals surface area contributed by atoms with Gasteiger partial charge in [-0.15, -0.1) is 11.8 Å². The first-order valence-electron chi connectivity index (χ1n) is 10.8. The van der Waals surface area contributed by atoms with E-state index in [1.54, 1.807) is 17.2 Å². The molecule has 1 unspecified atom stereocenters. The number of amides is 1. The highest BCUT2D eigenvalue weighted by molar-refractivity contribution is 8.00. The van der Waals surface area contributed by atoms with Crippen LogP contribution in [0.2, 0.25) is 0 Å². The summed E-state index contributed by atoms with van der Waals surface area (Å²) in [5.41, 5.74) is 4.29. The average molecular weight is 445 g/mol. The van der Waals surface area contributed by atoms with Gasteiger partial charge in [-0.2, -0.15) is 0 Å². The van der Waals surface area contributed by atoms with Crippen LogP contribution in [0.15, 0.2) is 87.5 Å². The molecule has 5 rings (SSSR count). The summed E-state index contributed by atoms with van der Waals surface area (Å²) < 4.78 is 5.78. The van der Waals surface area contributed by atoms with Gasteiger partial charge in [-0.05, 0) is 56.2 Å². The molecular weight excluding hydrogens is 420 g/mol. The number of allylic oxidation sites excluding steroid dienone is 1. The zero-order chi connectivity index (χ0) is 22.1. The van der Waals surface area contributed by atoms with Crippen molar-refractivity contribution in [1.82, 2.24) is 0 Å². The third-order valence-electron chi connectivity index (χ3n) is 5.90. The first-order chi connectivity index (χ1) is 15.6. The SMILES string of the molecule is Cc1ccc(SCC(=O)N2c3ccccc3NC3=C(C(=O)CCC3)C2c2ccco2)cc1. The maximum atomic E-state index is 13.7. The van der Waals surface area contributed by atoms with Crippen LogP contribution in [0.4, 0.5) is 11.4 Å². The molecule has 0 saturated heterocycles. The van der Waals surface area contributed by atoms with E-state index in [1.165, 1.54) is 17.3 Å². The van der Waals surface area contributed by atoms with Gasteiger partial charge in [-0.3, -0.25) is 14.5 Å². The molecule has 1 aliphatic heterocycles. The summed E-state index contributed by atoms with van der Waals surface area (Å²) in [5, 5.41) is 3.47. The quantitative estimate of drug-likeness (QED) is 0.509. The highest BCUT2D eigenvalue weighted by Gasteiger charge is 2.40. The van der Waals surface area contributed by atoms with E-state index in [-0.39, 0.29) is 17.4 Å². The molecule has 6 heteroatoms. The number of carbonyl (C=O) groups excluding carboxylic acids is 2. The van der Waals surface area contributed by atoms with Gasteiger partial charge in [-0.25, -0.2) is 0 Å². The number of aryl methyl sites for hydroxylation is 1. The van der Waals surface area contributed by atoms with E-state index < -0.39 is 6.04 Å². The highest BCUT2D eigenvalue weighted by Crippen LogP contribution is 2.45. The minimum atomic E-state index is -0.588. The number of rotatable bonds is 4. The Bertz CT molecular complexity index is 1180. The Kier molecular flexibility index (Phi) is 5.62. The second kappa shape index (κ2) is 8.71. The minimum absolute atomic E-state index is 0.0666. The molecule has 2 aromatic carbocycles. The number of furan rings is 1. The van der Waals surface area contributed by atoms with Crippen molar-refractivity contribution in [3.8, 4) is 0 Å². The van der Waals surface area contributed by atoms with Gasteiger partial charge >= 0.3 is 0 Å². The molecule has 162 valence electrons. The number of thioether (sulfide) groups is 1. The molecule has 2 heterocycles. The number of fused-ring (bicyclic) bond motifs is 1. The summed E-state index contributed by atoms with van der Waals surface area (Å²) >= 11 is 1.50. The van der Waals surface area contributed by atoms with Crippen LogP contribution in [-0.4, -0.2) is 17.4 Å². The standard InChI is InChI=1S/C26H24N2O3S/c1-17-11-13-18(14-12-17)32-16-24(30)28-21-8-3-2-6-19(21)27-20-7-4-9-22(29)25(20)26(28)23-10-5-15-31-23/h2-3,5-6,8,10-15,26-27H,4,7,9,16H2,1H3. The summed E-state index contributed by atoms with van der Waals surface area (Å²) in [5.74, 6) is 0.848. The van der Waals surface area contributed by atoms with E-state index in [1.807, 2.05) is 61.5 Å². The summed E-state index contributed by atoms with van der Waals surface area (Å²) in [6.07, 6.45) is 3.65. The summed E-state index contributed by atoms with van der Waals surface area (Å²) in [7, 11) is 0. The van der Waals surface area contributed by atoms with Crippen molar-refractivity contribution in [3.63, 3.8) is 0 Å². The molecule has 5 nitrogen and oxygen atoms in total. The Morgan fingerprint density at radius 1 is 1.09 bits per heavy atom. The molecule has 1 aliphatic carbocycles. The van der Waals surface area contributed by atoms with Crippen molar-refractivity contribution in [1.29, 1.82) is 0 Å². The fraction of sp³-hybridized carbons (Fsp3) is 0.231. The predicted molar refractivity (Wildman–Crippen MR) is 127 cm³/mol. The normalized spacial score (nSPS) is 18.0. The van der Waals surface area contributed by atoms with Crippen LogP contribution in [0, 0.1) is 6.92 Å². The lowest BCUT2D eigenvalue weighted by molar-refractivity contribution is -0.117. The second-order valence-corrected chi connectivity index (χ2v) is 9.14. The first kappa shape index (κ1) is 20.6. The average Bonchev–Trinajstić information content (AvgIpc) is 3.28. The monoisotopic (exact) mass is 444 g/mol. The van der Waals surface area contributed by atoms with Crippen molar-refractivity contribution in [3.05, 3.63) is 89.5 Å². The van der Waals surface area contributed by atoms with E-state index in [2.05, 4.69) is 5.32 Å². The lowest BCUT2D eigenvalue weighted by atomic mass is 9.88. The number of hydrogen-bond acceptors (Lipinski definition) is 5. The maximum absolute atomic E-state index is 13.7. The first-order valence-corrected chi connectivity index (χ1v) is 11.8. The third-order valence-corrected chi connectivity index (χ3v) is 6.90. The van der Waals surface area contributed by atoms with Crippen molar-refractivity contribution in [2.45, 2.75) is 37.1 Å². The number of para-hydroxylation sites is 2. The lowest BCUT2D eigenvalue weighted by Gasteiger charge is -2.32. The summed E-state index contributed by atoms with van der Waals surface area (Å²) in [6.45, 7) is 2.04. The summed E-state index contributed by atoms with van der Waals surface area (Å²) in [4.78, 5) is 29.7. The molecule has 0 bridgehead atoms. The number of benzene rings is 2. The molecule has 1 amide bonds. The van der Waals surface area contributed by atoms with E-state index in [0.29, 0.717) is 17.8 Å². The number of hydrogen-bond donors (Lipinski definition) is 1. The van der Waals surface area contributed by atoms with Crippen molar-refractivity contribution in [2.75, 3.05) is 16.0 Å². The Morgan fingerprint density at radius 3 is 2.69 bits per heavy atom. The molecule has 0 fully saturated rings. The van der Waals surface area contributed by atoms with Crippen LogP contribution in [0.5, 0.6) is 0 Å². The topological polar surface area (TPSA) is 62.6 Å². The number of nitrogens with zero attached hydrogens (tertiary/aromatic N) is 1. The Morgan fingerprint density at radius 2 is 1.91 bits per heavy atom. The molecule has 2 aliphatic rings. The largest absolute Gasteiger partial charge is 0.467 e. The highest BCUT2D eigenvalue weighted by atomic mass is 32.2.